The molecule has 21 heavy (non-hydrogen) atoms. The van der Waals surface area contributed by atoms with E-state index in [0.717, 1.165) is 22.6 Å². The molecule has 4 nitrogen and oxygen atoms in total. The van der Waals surface area contributed by atoms with Gasteiger partial charge in [0.15, 0.2) is 0 Å². The minimum absolute atomic E-state index is 0.0332. The van der Waals surface area contributed by atoms with Crippen LogP contribution in [-0.2, 0) is 10.0 Å². The molecule has 1 N–H and O–H groups in total. The molecule has 0 spiro atoms. The van der Waals surface area contributed by atoms with Gasteiger partial charge in [0.05, 0.1) is 11.5 Å². The second kappa shape index (κ2) is 7.32. The molecule has 1 aliphatic rings. The number of hydrogen-bond donors (Lipinski definition) is 1. The van der Waals surface area contributed by atoms with E-state index in [1.807, 2.05) is 6.92 Å². The average Bonchev–Trinajstić information content (AvgIpc) is 2.50. The van der Waals surface area contributed by atoms with Crippen molar-refractivity contribution < 1.29 is 13.5 Å². The van der Waals surface area contributed by atoms with Gasteiger partial charge >= 0.3 is 0 Å². The molecule has 1 aliphatic heterocycles. The van der Waals surface area contributed by atoms with E-state index in [9.17, 15) is 8.42 Å². The highest BCUT2D eigenvalue weighted by Gasteiger charge is 2.26. The van der Waals surface area contributed by atoms with Crippen LogP contribution in [-0.4, -0.2) is 49.0 Å². The molecule has 6 heteroatoms. The number of benzene rings is 1. The summed E-state index contributed by atoms with van der Waals surface area (Å²) in [6.45, 7) is 3.04. The Balaban J connectivity index is 2.25. The third-order valence-corrected chi connectivity index (χ3v) is 6.10. The van der Waals surface area contributed by atoms with Gasteiger partial charge in [-0.1, -0.05) is 11.8 Å². The monoisotopic (exact) mass is 325 g/mol. The molecule has 1 aromatic carbocycles. The SMILES string of the molecule is Cc1cc(S(=O)(=O)N2CCSCC2)ccc1C#CCCO. The zero-order valence-corrected chi connectivity index (χ0v) is 13.6. The summed E-state index contributed by atoms with van der Waals surface area (Å²) in [6, 6.07) is 5.04. The lowest BCUT2D eigenvalue weighted by Gasteiger charge is -2.25. The lowest BCUT2D eigenvalue weighted by Crippen LogP contribution is -2.37. The van der Waals surface area contributed by atoms with Crippen LogP contribution in [0.15, 0.2) is 23.1 Å². The van der Waals surface area contributed by atoms with Crippen molar-refractivity contribution in [1.82, 2.24) is 4.31 Å². The molecular formula is C15H19NO3S2. The minimum Gasteiger partial charge on any atom is -0.395 e. The van der Waals surface area contributed by atoms with Crippen molar-refractivity contribution in [3.63, 3.8) is 0 Å². The van der Waals surface area contributed by atoms with E-state index in [0.29, 0.717) is 24.4 Å². The Labute approximate surface area is 130 Å². The highest BCUT2D eigenvalue weighted by atomic mass is 32.2. The van der Waals surface area contributed by atoms with Crippen LogP contribution in [0.3, 0.4) is 0 Å². The molecule has 0 aromatic heterocycles. The number of sulfonamides is 1. The Morgan fingerprint density at radius 2 is 2.05 bits per heavy atom. The number of thioether (sulfide) groups is 1. The van der Waals surface area contributed by atoms with Gasteiger partial charge in [-0.05, 0) is 30.7 Å². The van der Waals surface area contributed by atoms with Crippen LogP contribution >= 0.6 is 11.8 Å². The molecule has 0 radical (unpaired) electrons. The van der Waals surface area contributed by atoms with Crippen LogP contribution in [0.1, 0.15) is 17.5 Å². The molecular weight excluding hydrogens is 306 g/mol. The summed E-state index contributed by atoms with van der Waals surface area (Å²) < 4.78 is 26.7. The first-order valence-electron chi connectivity index (χ1n) is 6.84. The highest BCUT2D eigenvalue weighted by Crippen LogP contribution is 2.22. The first-order chi connectivity index (χ1) is 10.1. The topological polar surface area (TPSA) is 57.6 Å². The largest absolute Gasteiger partial charge is 0.395 e. The molecule has 0 saturated carbocycles. The number of nitrogens with zero attached hydrogens (tertiary/aromatic N) is 1. The van der Waals surface area contributed by atoms with Crippen molar-refractivity contribution in [1.29, 1.82) is 0 Å². The molecule has 114 valence electrons. The van der Waals surface area contributed by atoms with Gasteiger partial charge in [0, 0.05) is 36.6 Å². The lowest BCUT2D eigenvalue weighted by molar-refractivity contribution is 0.305. The summed E-state index contributed by atoms with van der Waals surface area (Å²) >= 11 is 1.78. The van der Waals surface area contributed by atoms with Gasteiger partial charge in [-0.15, -0.1) is 0 Å². The average molecular weight is 325 g/mol. The quantitative estimate of drug-likeness (QED) is 0.855. The van der Waals surface area contributed by atoms with Crippen LogP contribution in [0.5, 0.6) is 0 Å². The van der Waals surface area contributed by atoms with Crippen molar-refractivity contribution in [2.45, 2.75) is 18.2 Å². The summed E-state index contributed by atoms with van der Waals surface area (Å²) in [5.74, 6) is 7.50. The van der Waals surface area contributed by atoms with Crippen molar-refractivity contribution in [2.24, 2.45) is 0 Å². The van der Waals surface area contributed by atoms with Gasteiger partial charge in [-0.25, -0.2) is 8.42 Å². The summed E-state index contributed by atoms with van der Waals surface area (Å²) in [5.41, 5.74) is 1.64. The van der Waals surface area contributed by atoms with Crippen LogP contribution < -0.4 is 0 Å². The zero-order chi connectivity index (χ0) is 15.3. The third-order valence-electron chi connectivity index (χ3n) is 3.27. The highest BCUT2D eigenvalue weighted by molar-refractivity contribution is 7.99. The van der Waals surface area contributed by atoms with Gasteiger partial charge < -0.3 is 5.11 Å². The van der Waals surface area contributed by atoms with Crippen molar-refractivity contribution in [3.8, 4) is 11.8 Å². The second-order valence-corrected chi connectivity index (χ2v) is 7.93. The Hall–Kier alpha value is -1.00. The number of aliphatic hydroxyl groups is 1. The smallest absolute Gasteiger partial charge is 0.243 e. The Bertz CT molecular complexity index is 653. The van der Waals surface area contributed by atoms with E-state index < -0.39 is 10.0 Å². The standard InChI is InChI=1S/C15H19NO3S2/c1-13-12-15(6-5-14(13)4-2-3-9-17)21(18,19)16-7-10-20-11-8-16/h5-6,12,17H,3,7-11H2,1H3. The molecule has 0 amide bonds. The molecule has 1 fully saturated rings. The van der Waals surface area contributed by atoms with Crippen LogP contribution in [0.4, 0.5) is 0 Å². The summed E-state index contributed by atoms with van der Waals surface area (Å²) in [7, 11) is -3.39. The van der Waals surface area contributed by atoms with Crippen LogP contribution in [0.2, 0.25) is 0 Å². The van der Waals surface area contributed by atoms with E-state index >= 15 is 0 Å². The molecule has 1 saturated heterocycles. The van der Waals surface area contributed by atoms with Crippen molar-refractivity contribution in [3.05, 3.63) is 29.3 Å². The lowest BCUT2D eigenvalue weighted by atomic mass is 10.1. The maximum atomic E-state index is 12.6. The normalized spacial score (nSPS) is 16.3. The fourth-order valence-corrected chi connectivity index (χ4v) is 4.75. The number of aryl methyl sites for hydroxylation is 1. The molecule has 0 atom stereocenters. The maximum Gasteiger partial charge on any atom is 0.243 e. The predicted molar refractivity (Wildman–Crippen MR) is 85.8 cm³/mol. The zero-order valence-electron chi connectivity index (χ0n) is 12.0. The first kappa shape index (κ1) is 16.4. The number of hydrogen-bond acceptors (Lipinski definition) is 4. The first-order valence-corrected chi connectivity index (χ1v) is 9.43. The van der Waals surface area contributed by atoms with E-state index in [2.05, 4.69) is 11.8 Å². The van der Waals surface area contributed by atoms with Gasteiger partial charge in [0.2, 0.25) is 10.0 Å². The fourth-order valence-electron chi connectivity index (χ4n) is 2.09. The molecule has 1 aromatic rings. The summed E-state index contributed by atoms with van der Waals surface area (Å²) in [5, 5.41) is 8.72. The van der Waals surface area contributed by atoms with Gasteiger partial charge in [-0.3, -0.25) is 0 Å². The molecule has 0 unspecified atom stereocenters. The van der Waals surface area contributed by atoms with E-state index in [4.69, 9.17) is 5.11 Å². The summed E-state index contributed by atoms with van der Waals surface area (Å²) in [6.07, 6.45) is 0.422. The third kappa shape index (κ3) is 4.01. The molecule has 1 heterocycles. The van der Waals surface area contributed by atoms with Gasteiger partial charge in [0.25, 0.3) is 0 Å². The predicted octanol–water partition coefficient (Wildman–Crippen LogP) is 1.47. The summed E-state index contributed by atoms with van der Waals surface area (Å²) in [4.78, 5) is 0.333. The van der Waals surface area contributed by atoms with Gasteiger partial charge in [0.1, 0.15) is 0 Å². The van der Waals surface area contributed by atoms with E-state index in [1.54, 1.807) is 34.3 Å². The maximum absolute atomic E-state index is 12.6. The van der Waals surface area contributed by atoms with Crippen molar-refractivity contribution in [2.75, 3.05) is 31.2 Å². The Morgan fingerprint density at radius 3 is 2.67 bits per heavy atom. The Kier molecular flexibility index (Phi) is 5.71. The number of aliphatic hydroxyl groups excluding tert-OH is 1. The number of rotatable bonds is 3. The van der Waals surface area contributed by atoms with Crippen LogP contribution in [0, 0.1) is 18.8 Å². The van der Waals surface area contributed by atoms with Crippen molar-refractivity contribution >= 4 is 21.8 Å². The molecule has 2 rings (SSSR count). The Morgan fingerprint density at radius 1 is 1.33 bits per heavy atom. The van der Waals surface area contributed by atoms with E-state index in [1.165, 1.54) is 0 Å². The minimum atomic E-state index is -3.39. The van der Waals surface area contributed by atoms with Gasteiger partial charge in [-0.2, -0.15) is 16.1 Å². The fraction of sp³-hybridized carbons (Fsp3) is 0.467. The molecule has 0 aliphatic carbocycles. The van der Waals surface area contributed by atoms with E-state index in [-0.39, 0.29) is 6.61 Å². The molecule has 0 bridgehead atoms. The second-order valence-electron chi connectivity index (χ2n) is 4.77. The van der Waals surface area contributed by atoms with Crippen LogP contribution in [0.25, 0.3) is 0 Å².